The maximum atomic E-state index is 13.6. The normalized spacial score (nSPS) is 11.5. The molecule has 2 heterocycles. The lowest BCUT2D eigenvalue weighted by Crippen LogP contribution is -2.23. The molecular formula is C27H27N5O2S. The van der Waals surface area contributed by atoms with Crippen molar-refractivity contribution in [2.24, 2.45) is 0 Å². The average molecular weight is 486 g/mol. The number of aryl methyl sites for hydroxylation is 1. The third-order valence-electron chi connectivity index (χ3n) is 6.02. The van der Waals surface area contributed by atoms with E-state index < -0.39 is 0 Å². The van der Waals surface area contributed by atoms with Gasteiger partial charge in [0.2, 0.25) is 10.5 Å². The molecule has 0 bridgehead atoms. The molecule has 0 fully saturated rings. The fraction of sp³-hybridized carbons (Fsp3) is 0.222. The maximum Gasteiger partial charge on any atom is 0.267 e. The van der Waals surface area contributed by atoms with E-state index in [2.05, 4.69) is 17.0 Å². The summed E-state index contributed by atoms with van der Waals surface area (Å²) in [7, 11) is 2.02. The number of fused-ring (bicyclic) bond motifs is 3. The molecular weight excluding hydrogens is 458 g/mol. The standard InChI is InChI=1S/C27H27N5O2S/c1-4-34-21-15-13-20(14-16-21)17-29(3)18-30-27(35)32-24-12-8-6-10-22(24)25(33)31(26(32)28-30)23-11-7-5-9-19(23)2/h5-16H,4,17-18H2,1-3H3. The van der Waals surface area contributed by atoms with Crippen molar-refractivity contribution in [1.29, 1.82) is 0 Å². The van der Waals surface area contributed by atoms with E-state index in [0.717, 1.165) is 28.1 Å². The van der Waals surface area contributed by atoms with Crippen LogP contribution in [0, 0.1) is 11.7 Å². The Morgan fingerprint density at radius 2 is 1.71 bits per heavy atom. The molecule has 0 saturated carbocycles. The second-order valence-corrected chi connectivity index (χ2v) is 8.96. The number of ether oxygens (including phenoxy) is 1. The van der Waals surface area contributed by atoms with Gasteiger partial charge in [0, 0.05) is 6.54 Å². The van der Waals surface area contributed by atoms with E-state index in [1.165, 1.54) is 0 Å². The first kappa shape index (κ1) is 23.0. The number of benzene rings is 3. The van der Waals surface area contributed by atoms with Gasteiger partial charge in [-0.05, 0) is 74.6 Å². The van der Waals surface area contributed by atoms with Crippen LogP contribution in [0.2, 0.25) is 0 Å². The van der Waals surface area contributed by atoms with Crippen LogP contribution in [-0.2, 0) is 13.2 Å². The SMILES string of the molecule is CCOc1ccc(CN(C)Cn2nc3n(-c4ccccc4C)c(=O)c4ccccc4n3c2=S)cc1. The Kier molecular flexibility index (Phi) is 6.23. The zero-order chi connectivity index (χ0) is 24.5. The summed E-state index contributed by atoms with van der Waals surface area (Å²) in [5.41, 5.74) is 3.58. The third-order valence-corrected chi connectivity index (χ3v) is 6.41. The Balaban J connectivity index is 1.59. The van der Waals surface area contributed by atoms with Gasteiger partial charge in [-0.2, -0.15) is 0 Å². The molecule has 8 heteroatoms. The van der Waals surface area contributed by atoms with Gasteiger partial charge < -0.3 is 4.74 Å². The molecule has 0 unspecified atom stereocenters. The number of para-hydroxylation sites is 2. The maximum absolute atomic E-state index is 13.6. The summed E-state index contributed by atoms with van der Waals surface area (Å²) < 4.78 is 11.4. The van der Waals surface area contributed by atoms with E-state index in [1.54, 1.807) is 9.25 Å². The number of hydrogen-bond donors (Lipinski definition) is 0. The highest BCUT2D eigenvalue weighted by Gasteiger charge is 2.18. The van der Waals surface area contributed by atoms with Gasteiger partial charge in [-0.15, -0.1) is 5.10 Å². The number of aromatic nitrogens is 4. The Hall–Kier alpha value is -3.75. The number of rotatable bonds is 7. The molecule has 0 spiro atoms. The monoisotopic (exact) mass is 485 g/mol. The van der Waals surface area contributed by atoms with Crippen LogP contribution in [0.4, 0.5) is 0 Å². The van der Waals surface area contributed by atoms with Gasteiger partial charge in [0.1, 0.15) is 5.75 Å². The van der Waals surface area contributed by atoms with E-state index in [9.17, 15) is 4.79 Å². The van der Waals surface area contributed by atoms with Gasteiger partial charge in [0.25, 0.3) is 5.56 Å². The Morgan fingerprint density at radius 3 is 2.46 bits per heavy atom. The van der Waals surface area contributed by atoms with Gasteiger partial charge in [-0.25, -0.2) is 9.25 Å². The van der Waals surface area contributed by atoms with Crippen molar-refractivity contribution in [2.45, 2.75) is 27.1 Å². The van der Waals surface area contributed by atoms with Gasteiger partial charge in [-0.1, -0.05) is 42.5 Å². The van der Waals surface area contributed by atoms with Crippen LogP contribution in [-0.4, -0.2) is 37.3 Å². The highest BCUT2D eigenvalue weighted by atomic mass is 32.1. The van der Waals surface area contributed by atoms with Crippen LogP contribution in [0.3, 0.4) is 0 Å². The number of hydrogen-bond acceptors (Lipinski definition) is 5. The van der Waals surface area contributed by atoms with Gasteiger partial charge in [-0.3, -0.25) is 14.1 Å². The lowest BCUT2D eigenvalue weighted by Gasteiger charge is -2.16. The minimum absolute atomic E-state index is 0.114. The summed E-state index contributed by atoms with van der Waals surface area (Å²) in [5, 5.41) is 5.44. The summed E-state index contributed by atoms with van der Waals surface area (Å²) >= 11 is 5.87. The smallest absolute Gasteiger partial charge is 0.267 e. The Morgan fingerprint density at radius 1 is 1.00 bits per heavy atom. The fourth-order valence-corrected chi connectivity index (χ4v) is 4.66. The molecule has 5 rings (SSSR count). The van der Waals surface area contributed by atoms with E-state index >= 15 is 0 Å². The minimum Gasteiger partial charge on any atom is -0.494 e. The van der Waals surface area contributed by atoms with Crippen molar-refractivity contribution in [3.63, 3.8) is 0 Å². The molecule has 5 aromatic rings. The molecule has 0 amide bonds. The van der Waals surface area contributed by atoms with Crippen LogP contribution in [0.1, 0.15) is 18.1 Å². The molecule has 0 N–H and O–H groups in total. The van der Waals surface area contributed by atoms with Crippen LogP contribution >= 0.6 is 12.2 Å². The lowest BCUT2D eigenvalue weighted by molar-refractivity contribution is 0.244. The zero-order valence-electron chi connectivity index (χ0n) is 20.0. The second kappa shape index (κ2) is 9.48. The fourth-order valence-electron chi connectivity index (χ4n) is 4.38. The van der Waals surface area contributed by atoms with Crippen LogP contribution < -0.4 is 10.3 Å². The molecule has 3 aromatic carbocycles. The molecule has 2 aromatic heterocycles. The van der Waals surface area contributed by atoms with Crippen molar-refractivity contribution in [1.82, 2.24) is 23.6 Å². The van der Waals surface area contributed by atoms with E-state index in [1.807, 2.05) is 86.0 Å². The van der Waals surface area contributed by atoms with Crippen molar-refractivity contribution in [3.05, 3.63) is 99.0 Å². The van der Waals surface area contributed by atoms with Crippen LogP contribution in [0.25, 0.3) is 22.4 Å². The molecule has 0 aliphatic rings. The topological polar surface area (TPSA) is 56.7 Å². The van der Waals surface area contributed by atoms with E-state index in [4.69, 9.17) is 22.1 Å². The molecule has 7 nitrogen and oxygen atoms in total. The van der Waals surface area contributed by atoms with Crippen LogP contribution in [0.5, 0.6) is 5.75 Å². The third kappa shape index (κ3) is 4.26. The predicted octanol–water partition coefficient (Wildman–Crippen LogP) is 4.97. The summed E-state index contributed by atoms with van der Waals surface area (Å²) in [6.07, 6.45) is 0. The molecule has 35 heavy (non-hydrogen) atoms. The van der Waals surface area contributed by atoms with Crippen LogP contribution in [0.15, 0.2) is 77.6 Å². The van der Waals surface area contributed by atoms with Crippen molar-refractivity contribution in [2.75, 3.05) is 13.7 Å². The Labute approximate surface area is 208 Å². The molecule has 178 valence electrons. The van der Waals surface area contributed by atoms with Gasteiger partial charge in [0.15, 0.2) is 0 Å². The number of nitrogens with zero attached hydrogens (tertiary/aromatic N) is 5. The highest BCUT2D eigenvalue weighted by molar-refractivity contribution is 7.71. The second-order valence-electron chi connectivity index (χ2n) is 8.59. The average Bonchev–Trinajstić information content (AvgIpc) is 3.17. The summed E-state index contributed by atoms with van der Waals surface area (Å²) in [5.74, 6) is 1.37. The van der Waals surface area contributed by atoms with Gasteiger partial charge >= 0.3 is 0 Å². The Bertz CT molecular complexity index is 1630. The van der Waals surface area contributed by atoms with Gasteiger partial charge in [0.05, 0.1) is 29.9 Å². The largest absolute Gasteiger partial charge is 0.494 e. The lowest BCUT2D eigenvalue weighted by atomic mass is 10.2. The molecule has 0 saturated heterocycles. The summed E-state index contributed by atoms with van der Waals surface area (Å²) in [6, 6.07) is 23.4. The highest BCUT2D eigenvalue weighted by Crippen LogP contribution is 2.20. The first-order valence-electron chi connectivity index (χ1n) is 11.6. The first-order valence-corrected chi connectivity index (χ1v) is 12.0. The molecule has 0 atom stereocenters. The molecule has 0 radical (unpaired) electrons. The molecule has 0 aliphatic heterocycles. The first-order chi connectivity index (χ1) is 17.0. The summed E-state index contributed by atoms with van der Waals surface area (Å²) in [4.78, 5) is 15.7. The van der Waals surface area contributed by atoms with E-state index in [-0.39, 0.29) is 5.56 Å². The van der Waals surface area contributed by atoms with Crippen molar-refractivity contribution >= 4 is 28.9 Å². The van der Waals surface area contributed by atoms with E-state index in [0.29, 0.717) is 35.8 Å². The molecule has 0 aliphatic carbocycles. The predicted molar refractivity (Wildman–Crippen MR) is 141 cm³/mol. The van der Waals surface area contributed by atoms with Crippen molar-refractivity contribution < 1.29 is 4.74 Å². The minimum atomic E-state index is -0.114. The quantitative estimate of drug-likeness (QED) is 0.305. The zero-order valence-corrected chi connectivity index (χ0v) is 20.8. The summed E-state index contributed by atoms with van der Waals surface area (Å²) in [6.45, 7) is 5.80. The van der Waals surface area contributed by atoms with Crippen molar-refractivity contribution in [3.8, 4) is 11.4 Å².